The van der Waals surface area contributed by atoms with E-state index in [1.807, 2.05) is 30.3 Å². The number of hydrogen-bond donors (Lipinski definition) is 1. The number of allylic oxidation sites excluding steroid dienone is 2. The van der Waals surface area contributed by atoms with Crippen LogP contribution in [0.25, 0.3) is 0 Å². The lowest BCUT2D eigenvalue weighted by Gasteiger charge is -2.19. The van der Waals surface area contributed by atoms with Crippen LogP contribution < -0.4 is 0 Å². The van der Waals surface area contributed by atoms with Crippen LogP contribution in [0.4, 0.5) is 0 Å². The molecule has 0 heterocycles. The Morgan fingerprint density at radius 3 is 2.13 bits per heavy atom. The van der Waals surface area contributed by atoms with Gasteiger partial charge in [0.25, 0.3) is 0 Å². The van der Waals surface area contributed by atoms with Gasteiger partial charge in [-0.1, -0.05) is 68.7 Å². The molecule has 0 fully saturated rings. The van der Waals surface area contributed by atoms with Crippen LogP contribution in [0.1, 0.15) is 91.2 Å². The van der Waals surface area contributed by atoms with Crippen LogP contribution in [0.5, 0.6) is 0 Å². The standard InChI is InChI=1S/C27H46O3/c1-22(2)11-9-12-23(3)17-19-29-25(5)14-10-13-24(4)18-20-30-27(21-28)26-15-7-6-8-16-26/h6-8,11,15-16,23-25,27-28H,9-10,12-14,17-21H2,1-5H3. The van der Waals surface area contributed by atoms with Gasteiger partial charge in [-0.15, -0.1) is 0 Å². The van der Waals surface area contributed by atoms with Gasteiger partial charge in [0.1, 0.15) is 6.10 Å². The second-order valence-corrected chi connectivity index (χ2v) is 9.21. The molecule has 4 atom stereocenters. The van der Waals surface area contributed by atoms with E-state index >= 15 is 0 Å². The summed E-state index contributed by atoms with van der Waals surface area (Å²) in [6, 6.07) is 9.97. The highest BCUT2D eigenvalue weighted by atomic mass is 16.5. The number of rotatable bonds is 17. The topological polar surface area (TPSA) is 38.7 Å². The van der Waals surface area contributed by atoms with E-state index in [2.05, 4.69) is 40.7 Å². The summed E-state index contributed by atoms with van der Waals surface area (Å²) < 4.78 is 11.9. The van der Waals surface area contributed by atoms with E-state index in [9.17, 15) is 5.11 Å². The summed E-state index contributed by atoms with van der Waals surface area (Å²) in [5, 5.41) is 9.58. The smallest absolute Gasteiger partial charge is 0.105 e. The summed E-state index contributed by atoms with van der Waals surface area (Å²) in [7, 11) is 0. The van der Waals surface area contributed by atoms with E-state index in [1.165, 1.54) is 31.3 Å². The largest absolute Gasteiger partial charge is 0.393 e. The molecule has 0 aliphatic carbocycles. The van der Waals surface area contributed by atoms with Crippen LogP contribution in [0.3, 0.4) is 0 Å². The molecule has 172 valence electrons. The number of ether oxygens (including phenoxy) is 2. The van der Waals surface area contributed by atoms with Crippen molar-refractivity contribution < 1.29 is 14.6 Å². The molecule has 1 N–H and O–H groups in total. The van der Waals surface area contributed by atoms with Crippen molar-refractivity contribution in [3.05, 3.63) is 47.5 Å². The molecule has 0 aliphatic heterocycles. The van der Waals surface area contributed by atoms with Gasteiger partial charge in [-0.2, -0.15) is 0 Å². The normalized spacial score (nSPS) is 15.4. The summed E-state index contributed by atoms with van der Waals surface area (Å²) >= 11 is 0. The Kier molecular flexibility index (Phi) is 14.8. The van der Waals surface area contributed by atoms with E-state index < -0.39 is 0 Å². The Labute approximate surface area is 185 Å². The average Bonchev–Trinajstić information content (AvgIpc) is 2.71. The van der Waals surface area contributed by atoms with Crippen molar-refractivity contribution >= 4 is 0 Å². The number of aliphatic hydroxyl groups excluding tert-OH is 1. The minimum atomic E-state index is -0.212. The van der Waals surface area contributed by atoms with Crippen molar-refractivity contribution in [1.82, 2.24) is 0 Å². The van der Waals surface area contributed by atoms with Crippen LogP contribution in [-0.2, 0) is 9.47 Å². The molecule has 0 radical (unpaired) electrons. The first-order chi connectivity index (χ1) is 14.4. The average molecular weight is 419 g/mol. The Morgan fingerprint density at radius 2 is 1.50 bits per heavy atom. The molecule has 1 aromatic rings. The maximum Gasteiger partial charge on any atom is 0.105 e. The first-order valence-electron chi connectivity index (χ1n) is 11.9. The van der Waals surface area contributed by atoms with Gasteiger partial charge < -0.3 is 14.6 Å². The molecule has 0 bridgehead atoms. The monoisotopic (exact) mass is 418 g/mol. The van der Waals surface area contributed by atoms with Gasteiger partial charge in [0.15, 0.2) is 0 Å². The quantitative estimate of drug-likeness (QED) is 0.274. The highest BCUT2D eigenvalue weighted by molar-refractivity contribution is 5.17. The van der Waals surface area contributed by atoms with Gasteiger partial charge in [0.2, 0.25) is 0 Å². The van der Waals surface area contributed by atoms with Gasteiger partial charge in [-0.05, 0) is 70.3 Å². The number of benzene rings is 1. The molecule has 1 rings (SSSR count). The second kappa shape index (κ2) is 16.5. The lowest BCUT2D eigenvalue weighted by Crippen LogP contribution is -2.13. The number of hydrogen-bond acceptors (Lipinski definition) is 3. The van der Waals surface area contributed by atoms with Crippen LogP contribution in [0.2, 0.25) is 0 Å². The Hall–Kier alpha value is -1.16. The van der Waals surface area contributed by atoms with E-state index in [1.54, 1.807) is 0 Å². The summed E-state index contributed by atoms with van der Waals surface area (Å²) in [6.45, 7) is 12.8. The van der Waals surface area contributed by atoms with Crippen molar-refractivity contribution in [2.24, 2.45) is 11.8 Å². The molecule has 4 unspecified atom stereocenters. The first kappa shape index (κ1) is 26.9. The fourth-order valence-corrected chi connectivity index (χ4v) is 3.59. The Bertz CT molecular complexity index is 550. The zero-order chi connectivity index (χ0) is 22.2. The van der Waals surface area contributed by atoms with E-state index in [0.717, 1.165) is 37.4 Å². The lowest BCUT2D eigenvalue weighted by molar-refractivity contribution is 0.00554. The third kappa shape index (κ3) is 13.2. The van der Waals surface area contributed by atoms with E-state index in [4.69, 9.17) is 9.47 Å². The van der Waals surface area contributed by atoms with Gasteiger partial charge in [0, 0.05) is 13.2 Å². The Balaban J connectivity index is 2.07. The fourth-order valence-electron chi connectivity index (χ4n) is 3.59. The molecular formula is C27H46O3. The fraction of sp³-hybridized carbons (Fsp3) is 0.704. The maximum atomic E-state index is 9.58. The van der Waals surface area contributed by atoms with Crippen molar-refractivity contribution in [3.63, 3.8) is 0 Å². The molecule has 0 saturated carbocycles. The number of aliphatic hydroxyl groups is 1. The van der Waals surface area contributed by atoms with Crippen molar-refractivity contribution in [1.29, 1.82) is 0 Å². The molecule has 3 nitrogen and oxygen atoms in total. The summed E-state index contributed by atoms with van der Waals surface area (Å²) in [5.74, 6) is 1.36. The molecule has 0 aromatic heterocycles. The predicted molar refractivity (Wildman–Crippen MR) is 128 cm³/mol. The molecular weight excluding hydrogens is 372 g/mol. The van der Waals surface area contributed by atoms with Crippen molar-refractivity contribution in [2.45, 2.75) is 91.8 Å². The van der Waals surface area contributed by atoms with Crippen molar-refractivity contribution in [2.75, 3.05) is 19.8 Å². The predicted octanol–water partition coefficient (Wildman–Crippen LogP) is 7.11. The molecule has 30 heavy (non-hydrogen) atoms. The zero-order valence-corrected chi connectivity index (χ0v) is 20.1. The zero-order valence-electron chi connectivity index (χ0n) is 20.1. The van der Waals surface area contributed by atoms with Crippen LogP contribution >= 0.6 is 0 Å². The Morgan fingerprint density at radius 1 is 0.867 bits per heavy atom. The highest BCUT2D eigenvalue weighted by Crippen LogP contribution is 2.20. The maximum absolute atomic E-state index is 9.58. The molecule has 0 amide bonds. The molecule has 0 aliphatic rings. The summed E-state index contributed by atoms with van der Waals surface area (Å²) in [6.07, 6.45) is 10.6. The SMILES string of the molecule is CC(C)=CCCC(C)CCOC(C)CCCC(C)CCOC(CO)c1ccccc1. The summed E-state index contributed by atoms with van der Waals surface area (Å²) in [5.41, 5.74) is 2.46. The molecule has 0 spiro atoms. The third-order valence-electron chi connectivity index (χ3n) is 5.80. The minimum Gasteiger partial charge on any atom is -0.393 e. The highest BCUT2D eigenvalue weighted by Gasteiger charge is 2.12. The van der Waals surface area contributed by atoms with Crippen LogP contribution in [0, 0.1) is 11.8 Å². The van der Waals surface area contributed by atoms with Gasteiger partial charge in [-0.25, -0.2) is 0 Å². The molecule has 1 aromatic carbocycles. The van der Waals surface area contributed by atoms with Gasteiger partial charge >= 0.3 is 0 Å². The van der Waals surface area contributed by atoms with Crippen molar-refractivity contribution in [3.8, 4) is 0 Å². The first-order valence-corrected chi connectivity index (χ1v) is 11.9. The van der Waals surface area contributed by atoms with E-state index in [0.29, 0.717) is 18.6 Å². The van der Waals surface area contributed by atoms with Gasteiger partial charge in [-0.3, -0.25) is 0 Å². The molecule has 3 heteroatoms. The van der Waals surface area contributed by atoms with Crippen LogP contribution in [-0.4, -0.2) is 31.0 Å². The lowest BCUT2D eigenvalue weighted by atomic mass is 9.99. The van der Waals surface area contributed by atoms with E-state index in [-0.39, 0.29) is 12.7 Å². The van der Waals surface area contributed by atoms with Crippen LogP contribution in [0.15, 0.2) is 42.0 Å². The minimum absolute atomic E-state index is 0.0286. The summed E-state index contributed by atoms with van der Waals surface area (Å²) in [4.78, 5) is 0. The van der Waals surface area contributed by atoms with Gasteiger partial charge in [0.05, 0.1) is 12.7 Å². The second-order valence-electron chi connectivity index (χ2n) is 9.21. The third-order valence-corrected chi connectivity index (χ3v) is 5.80. The molecule has 0 saturated heterocycles.